The van der Waals surface area contributed by atoms with Gasteiger partial charge >= 0.3 is 0 Å². The predicted molar refractivity (Wildman–Crippen MR) is 93.4 cm³/mol. The van der Waals surface area contributed by atoms with Gasteiger partial charge in [-0.15, -0.1) is 0 Å². The van der Waals surface area contributed by atoms with Crippen molar-refractivity contribution in [2.24, 2.45) is 4.99 Å². The zero-order valence-electron chi connectivity index (χ0n) is 13.9. The number of pyridine rings is 1. The molecule has 122 valence electrons. The van der Waals surface area contributed by atoms with Crippen LogP contribution < -0.4 is 4.74 Å². The Labute approximate surface area is 138 Å². The van der Waals surface area contributed by atoms with Crippen molar-refractivity contribution in [1.82, 2.24) is 14.8 Å². The highest BCUT2D eigenvalue weighted by Gasteiger charge is 2.18. The molecule has 1 aromatic heterocycles. The summed E-state index contributed by atoms with van der Waals surface area (Å²) >= 11 is 0. The van der Waals surface area contributed by atoms with E-state index < -0.39 is 0 Å². The van der Waals surface area contributed by atoms with Gasteiger partial charge in [0.15, 0.2) is 0 Å². The molecule has 2 aliphatic rings. The predicted octanol–water partition coefficient (Wildman–Crippen LogP) is 2.77. The molecule has 0 aliphatic carbocycles. The molecule has 0 radical (unpaired) electrons. The van der Waals surface area contributed by atoms with Crippen LogP contribution in [0.25, 0.3) is 5.57 Å². The Kier molecular flexibility index (Phi) is 4.76. The average molecular weight is 312 g/mol. The maximum atomic E-state index is 6.04. The fraction of sp³-hybridized carbons (Fsp3) is 0.444. The van der Waals surface area contributed by atoms with E-state index in [4.69, 9.17) is 4.74 Å². The van der Waals surface area contributed by atoms with Gasteiger partial charge in [-0.25, -0.2) is 4.99 Å². The topological polar surface area (TPSA) is 41.0 Å². The molecule has 0 aromatic carbocycles. The number of rotatable bonds is 4. The minimum atomic E-state index is 0.299. The first-order chi connectivity index (χ1) is 11.2. The maximum absolute atomic E-state index is 6.04. The van der Waals surface area contributed by atoms with Crippen molar-refractivity contribution < 1.29 is 4.74 Å². The van der Waals surface area contributed by atoms with Crippen LogP contribution in [0, 0.1) is 0 Å². The van der Waals surface area contributed by atoms with Crippen LogP contribution in [0.3, 0.4) is 0 Å². The van der Waals surface area contributed by atoms with Crippen molar-refractivity contribution in [3.63, 3.8) is 0 Å². The molecule has 23 heavy (non-hydrogen) atoms. The summed E-state index contributed by atoms with van der Waals surface area (Å²) in [4.78, 5) is 13.2. The molecule has 5 nitrogen and oxygen atoms in total. The van der Waals surface area contributed by atoms with Crippen LogP contribution in [-0.2, 0) is 0 Å². The first-order valence-corrected chi connectivity index (χ1v) is 8.19. The summed E-state index contributed by atoms with van der Waals surface area (Å²) in [6.07, 6.45) is 8.10. The third-order valence-corrected chi connectivity index (χ3v) is 4.32. The molecule has 0 spiro atoms. The average Bonchev–Trinajstić information content (AvgIpc) is 2.58. The van der Waals surface area contributed by atoms with Gasteiger partial charge in [-0.2, -0.15) is 0 Å². The van der Waals surface area contributed by atoms with Crippen LogP contribution in [-0.4, -0.2) is 53.8 Å². The smallest absolute Gasteiger partial charge is 0.138 e. The number of likely N-dealkylation sites (tertiary alicyclic amines) is 1. The fourth-order valence-electron chi connectivity index (χ4n) is 2.82. The minimum Gasteiger partial charge on any atom is -0.489 e. The maximum Gasteiger partial charge on any atom is 0.138 e. The van der Waals surface area contributed by atoms with Crippen LogP contribution in [0.4, 0.5) is 0 Å². The Bertz CT molecular complexity index is 612. The molecule has 0 amide bonds. The van der Waals surface area contributed by atoms with E-state index in [0.29, 0.717) is 6.10 Å². The monoisotopic (exact) mass is 312 g/mol. The van der Waals surface area contributed by atoms with E-state index in [1.165, 1.54) is 0 Å². The summed E-state index contributed by atoms with van der Waals surface area (Å²) in [5.74, 6) is 1.60. The summed E-state index contributed by atoms with van der Waals surface area (Å²) in [5, 5.41) is 0. The summed E-state index contributed by atoms with van der Waals surface area (Å²) in [7, 11) is 2.15. The van der Waals surface area contributed by atoms with Crippen molar-refractivity contribution in [2.45, 2.75) is 25.9 Å². The molecule has 1 saturated heterocycles. The SMILES string of the molecule is C=C1N=CC(c2ccc(OC3CCN(C)CC3)cn2)=CN1CC. The lowest BCUT2D eigenvalue weighted by Crippen LogP contribution is -2.35. The molecule has 0 N–H and O–H groups in total. The van der Waals surface area contributed by atoms with Crippen LogP contribution >= 0.6 is 0 Å². The Hall–Kier alpha value is -2.14. The number of nitrogens with zero attached hydrogens (tertiary/aromatic N) is 4. The Morgan fingerprint density at radius 3 is 2.74 bits per heavy atom. The molecule has 0 saturated carbocycles. The van der Waals surface area contributed by atoms with Crippen LogP contribution in [0.5, 0.6) is 5.75 Å². The van der Waals surface area contributed by atoms with Crippen LogP contribution in [0.15, 0.2) is 41.9 Å². The van der Waals surface area contributed by atoms with Gasteiger partial charge in [-0.3, -0.25) is 4.98 Å². The molecule has 0 atom stereocenters. The Morgan fingerprint density at radius 2 is 2.09 bits per heavy atom. The number of ether oxygens (including phenoxy) is 1. The van der Waals surface area contributed by atoms with Crippen molar-refractivity contribution in [3.05, 3.63) is 42.6 Å². The standard InChI is InChI=1S/C18H24N4O/c1-4-22-13-15(11-19-14(22)2)18-6-5-17(12-20-18)23-16-7-9-21(3)10-8-16/h5-6,11-13,16H,2,4,7-10H2,1,3H3. The van der Waals surface area contributed by atoms with E-state index in [-0.39, 0.29) is 0 Å². The summed E-state index contributed by atoms with van der Waals surface area (Å²) in [5.41, 5.74) is 1.89. The van der Waals surface area contributed by atoms with Gasteiger partial charge in [0.2, 0.25) is 0 Å². The number of hydrogen-bond acceptors (Lipinski definition) is 5. The molecule has 3 heterocycles. The molecule has 1 fully saturated rings. The molecule has 3 rings (SSSR count). The van der Waals surface area contributed by atoms with Crippen molar-refractivity contribution in [3.8, 4) is 5.75 Å². The van der Waals surface area contributed by atoms with Gasteiger partial charge in [0.1, 0.15) is 17.7 Å². The number of aliphatic imine (C=N–C) groups is 1. The molecule has 2 aliphatic heterocycles. The Balaban J connectivity index is 1.65. The third-order valence-electron chi connectivity index (χ3n) is 4.32. The first kappa shape index (κ1) is 15.7. The molecule has 0 bridgehead atoms. The van der Waals surface area contributed by atoms with Gasteiger partial charge in [0, 0.05) is 37.6 Å². The lowest BCUT2D eigenvalue weighted by atomic mass is 10.1. The number of aromatic nitrogens is 1. The Morgan fingerprint density at radius 1 is 1.30 bits per heavy atom. The largest absolute Gasteiger partial charge is 0.489 e. The van der Waals surface area contributed by atoms with Crippen LogP contribution in [0.1, 0.15) is 25.5 Å². The quantitative estimate of drug-likeness (QED) is 0.857. The first-order valence-electron chi connectivity index (χ1n) is 8.19. The second-order valence-electron chi connectivity index (χ2n) is 6.04. The van der Waals surface area contributed by atoms with Crippen LogP contribution in [0.2, 0.25) is 0 Å². The zero-order valence-corrected chi connectivity index (χ0v) is 13.9. The zero-order chi connectivity index (χ0) is 16.2. The summed E-state index contributed by atoms with van der Waals surface area (Å²) in [6.45, 7) is 9.03. The van der Waals surface area contributed by atoms with Gasteiger partial charge in [0.05, 0.1) is 11.9 Å². The minimum absolute atomic E-state index is 0.299. The second-order valence-corrected chi connectivity index (χ2v) is 6.04. The number of hydrogen-bond donors (Lipinski definition) is 0. The number of piperidine rings is 1. The van der Waals surface area contributed by atoms with Crippen molar-refractivity contribution >= 4 is 11.8 Å². The highest BCUT2D eigenvalue weighted by Crippen LogP contribution is 2.22. The normalized spacial score (nSPS) is 19.8. The molecular weight excluding hydrogens is 288 g/mol. The fourth-order valence-corrected chi connectivity index (χ4v) is 2.82. The van der Waals surface area contributed by atoms with Crippen molar-refractivity contribution in [1.29, 1.82) is 0 Å². The van der Waals surface area contributed by atoms with Gasteiger partial charge in [-0.1, -0.05) is 6.58 Å². The molecule has 5 heteroatoms. The second kappa shape index (κ2) is 6.96. The van der Waals surface area contributed by atoms with E-state index in [1.807, 2.05) is 35.6 Å². The molecular formula is C18H24N4O. The lowest BCUT2D eigenvalue weighted by Gasteiger charge is -2.29. The highest BCUT2D eigenvalue weighted by atomic mass is 16.5. The van der Waals surface area contributed by atoms with E-state index in [9.17, 15) is 0 Å². The van der Waals surface area contributed by atoms with E-state index in [1.54, 1.807) is 0 Å². The summed E-state index contributed by atoms with van der Waals surface area (Å²) < 4.78 is 6.04. The van der Waals surface area contributed by atoms with E-state index in [0.717, 1.165) is 55.3 Å². The molecule has 1 aromatic rings. The van der Waals surface area contributed by atoms with E-state index >= 15 is 0 Å². The molecule has 0 unspecified atom stereocenters. The van der Waals surface area contributed by atoms with Gasteiger partial charge in [0.25, 0.3) is 0 Å². The highest BCUT2D eigenvalue weighted by molar-refractivity contribution is 6.09. The number of allylic oxidation sites excluding steroid dienone is 1. The van der Waals surface area contributed by atoms with E-state index in [2.05, 4.69) is 35.4 Å². The van der Waals surface area contributed by atoms with Gasteiger partial charge < -0.3 is 14.5 Å². The van der Waals surface area contributed by atoms with Crippen molar-refractivity contribution in [2.75, 3.05) is 26.7 Å². The van der Waals surface area contributed by atoms with Gasteiger partial charge in [-0.05, 0) is 38.9 Å². The lowest BCUT2D eigenvalue weighted by molar-refractivity contribution is 0.114. The third kappa shape index (κ3) is 3.79. The summed E-state index contributed by atoms with van der Waals surface area (Å²) in [6, 6.07) is 3.99.